The number of rotatable bonds is 6. The van der Waals surface area contributed by atoms with E-state index >= 15 is 0 Å². The number of benzene rings is 1. The smallest absolute Gasteiger partial charge is 0.387 e. The van der Waals surface area contributed by atoms with Crippen LogP contribution in [0, 0.1) is 0 Å². The van der Waals surface area contributed by atoms with Gasteiger partial charge in [-0.25, -0.2) is 9.67 Å². The Morgan fingerprint density at radius 3 is 2.57 bits per heavy atom. The maximum absolute atomic E-state index is 12.8. The van der Waals surface area contributed by atoms with E-state index in [0.29, 0.717) is 0 Å². The van der Waals surface area contributed by atoms with Crippen LogP contribution in [0.3, 0.4) is 0 Å². The summed E-state index contributed by atoms with van der Waals surface area (Å²) >= 11 is 12.0. The third-order valence-electron chi connectivity index (χ3n) is 3.64. The molecular formula is C16H11Cl2F2N7O3. The Morgan fingerprint density at radius 1 is 1.17 bits per heavy atom. The van der Waals surface area contributed by atoms with Gasteiger partial charge in [0.25, 0.3) is 11.8 Å². The van der Waals surface area contributed by atoms with Gasteiger partial charge in [-0.1, -0.05) is 28.3 Å². The quantitative estimate of drug-likeness (QED) is 0.545. The second-order valence-corrected chi connectivity index (χ2v) is 6.35. The van der Waals surface area contributed by atoms with Crippen molar-refractivity contribution >= 4 is 46.7 Å². The van der Waals surface area contributed by atoms with Gasteiger partial charge in [0.05, 0.1) is 10.6 Å². The Bertz CT molecular complexity index is 1110. The molecule has 0 radical (unpaired) electrons. The first kappa shape index (κ1) is 21.3. The molecule has 156 valence electrons. The fraction of sp³-hybridized carbons (Fsp3) is 0.125. The molecule has 2 N–H and O–H groups in total. The van der Waals surface area contributed by atoms with Gasteiger partial charge >= 0.3 is 6.61 Å². The molecule has 1 aromatic carbocycles. The highest BCUT2D eigenvalue weighted by Gasteiger charge is 2.23. The van der Waals surface area contributed by atoms with Crippen LogP contribution in [0.4, 0.5) is 20.4 Å². The predicted octanol–water partition coefficient (Wildman–Crippen LogP) is 3.02. The van der Waals surface area contributed by atoms with Gasteiger partial charge in [0.2, 0.25) is 5.95 Å². The Hall–Kier alpha value is -3.38. The summed E-state index contributed by atoms with van der Waals surface area (Å²) in [4.78, 5) is 28.8. The zero-order valence-corrected chi connectivity index (χ0v) is 16.4. The van der Waals surface area contributed by atoms with E-state index < -0.39 is 24.2 Å². The summed E-state index contributed by atoms with van der Waals surface area (Å²) in [6, 6.07) is 4.83. The van der Waals surface area contributed by atoms with Gasteiger partial charge in [0.1, 0.15) is 10.8 Å². The van der Waals surface area contributed by atoms with Crippen molar-refractivity contribution in [3.05, 3.63) is 51.8 Å². The number of nitrogens with zero attached hydrogens (tertiary/aromatic N) is 5. The second-order valence-electron chi connectivity index (χ2n) is 5.58. The van der Waals surface area contributed by atoms with Crippen LogP contribution in [0.15, 0.2) is 30.5 Å². The van der Waals surface area contributed by atoms with Crippen molar-refractivity contribution in [1.82, 2.24) is 25.2 Å². The van der Waals surface area contributed by atoms with Crippen LogP contribution in [-0.4, -0.2) is 43.6 Å². The summed E-state index contributed by atoms with van der Waals surface area (Å²) in [6.45, 7) is -3.20. The maximum Gasteiger partial charge on any atom is 0.387 e. The van der Waals surface area contributed by atoms with Crippen molar-refractivity contribution in [3.8, 4) is 5.75 Å². The number of aryl methyl sites for hydroxylation is 1. The minimum Gasteiger partial charge on any atom is -0.433 e. The molecule has 3 rings (SSSR count). The fourth-order valence-electron chi connectivity index (χ4n) is 2.28. The summed E-state index contributed by atoms with van der Waals surface area (Å²) in [5, 5.41) is 15.0. The first-order valence-electron chi connectivity index (χ1n) is 8.00. The number of carbonyl (C=O) groups excluding carboxylic acids is 2. The lowest BCUT2D eigenvalue weighted by molar-refractivity contribution is -0.0493. The second kappa shape index (κ2) is 8.97. The maximum atomic E-state index is 12.8. The number of anilines is 2. The third kappa shape index (κ3) is 4.78. The highest BCUT2D eigenvalue weighted by Crippen LogP contribution is 2.37. The Morgan fingerprint density at radius 2 is 1.93 bits per heavy atom. The molecule has 14 heteroatoms. The lowest BCUT2D eigenvalue weighted by atomic mass is 10.1. The molecule has 2 aromatic heterocycles. The molecule has 0 aliphatic rings. The first-order valence-corrected chi connectivity index (χ1v) is 8.75. The zero-order chi connectivity index (χ0) is 21.8. The highest BCUT2D eigenvalue weighted by molar-refractivity contribution is 6.38. The number of tetrazole rings is 1. The van der Waals surface area contributed by atoms with Crippen LogP contribution < -0.4 is 15.4 Å². The van der Waals surface area contributed by atoms with Crippen molar-refractivity contribution in [2.24, 2.45) is 7.05 Å². The SMILES string of the molecule is Cn1nnnc1NC(=O)c1ccc(OC(F)F)c(NC(=O)c2ccnc(Cl)c2)c1Cl. The van der Waals surface area contributed by atoms with E-state index in [1.807, 2.05) is 0 Å². The number of hydrogen-bond acceptors (Lipinski definition) is 7. The number of alkyl halides is 2. The van der Waals surface area contributed by atoms with E-state index in [2.05, 4.69) is 35.9 Å². The number of halogens is 4. The highest BCUT2D eigenvalue weighted by atomic mass is 35.5. The number of carbonyl (C=O) groups is 2. The predicted molar refractivity (Wildman–Crippen MR) is 102 cm³/mol. The minimum atomic E-state index is -3.20. The molecule has 0 aliphatic carbocycles. The van der Waals surface area contributed by atoms with Gasteiger partial charge in [-0.05, 0) is 34.7 Å². The van der Waals surface area contributed by atoms with Gasteiger partial charge in [-0.2, -0.15) is 8.78 Å². The Labute approximate surface area is 177 Å². The Balaban J connectivity index is 1.96. The van der Waals surface area contributed by atoms with Crippen molar-refractivity contribution in [3.63, 3.8) is 0 Å². The number of amides is 2. The number of hydrogen-bond donors (Lipinski definition) is 2. The molecule has 0 unspecified atom stereocenters. The standard InChI is InChI=1S/C16H11Cl2F2N7O3/c1-27-16(24-25-26-27)23-14(29)8-2-3-9(30-15(19)20)12(11(8)18)22-13(28)7-4-5-21-10(17)6-7/h2-6,15H,1H3,(H,22,28)(H,23,24,26,29). The average molecular weight is 458 g/mol. The van der Waals surface area contributed by atoms with Gasteiger partial charge < -0.3 is 10.1 Å². The van der Waals surface area contributed by atoms with Crippen molar-refractivity contribution in [2.75, 3.05) is 10.6 Å². The summed E-state index contributed by atoms with van der Waals surface area (Å²) in [6.07, 6.45) is 1.29. The number of aromatic nitrogens is 5. The van der Waals surface area contributed by atoms with Crippen molar-refractivity contribution in [1.29, 1.82) is 0 Å². The molecule has 2 amide bonds. The molecular weight excluding hydrogens is 447 g/mol. The van der Waals surface area contributed by atoms with Crippen LogP contribution in [-0.2, 0) is 7.05 Å². The third-order valence-corrected chi connectivity index (χ3v) is 4.24. The Kier molecular flexibility index (Phi) is 6.37. The monoisotopic (exact) mass is 457 g/mol. The minimum absolute atomic E-state index is 0.0148. The zero-order valence-electron chi connectivity index (χ0n) is 14.9. The van der Waals surface area contributed by atoms with E-state index in [4.69, 9.17) is 23.2 Å². The van der Waals surface area contributed by atoms with Crippen molar-refractivity contribution in [2.45, 2.75) is 6.61 Å². The molecule has 0 fully saturated rings. The van der Waals surface area contributed by atoms with Crippen LogP contribution in [0.5, 0.6) is 5.75 Å². The molecule has 0 bridgehead atoms. The molecule has 10 nitrogen and oxygen atoms in total. The fourth-order valence-corrected chi connectivity index (χ4v) is 2.74. The molecule has 0 atom stereocenters. The van der Waals surface area contributed by atoms with E-state index in [1.54, 1.807) is 0 Å². The summed E-state index contributed by atoms with van der Waals surface area (Å²) in [5.74, 6) is -1.92. The molecule has 0 saturated heterocycles. The van der Waals surface area contributed by atoms with E-state index in [9.17, 15) is 18.4 Å². The molecule has 3 aromatic rings. The van der Waals surface area contributed by atoms with E-state index in [0.717, 1.165) is 12.1 Å². The normalized spacial score (nSPS) is 10.7. The molecule has 2 heterocycles. The van der Waals surface area contributed by atoms with Crippen LogP contribution in [0.2, 0.25) is 10.2 Å². The molecule has 0 aliphatic heterocycles. The molecule has 30 heavy (non-hydrogen) atoms. The van der Waals surface area contributed by atoms with Gasteiger partial charge in [0.15, 0.2) is 5.75 Å². The first-order chi connectivity index (χ1) is 14.3. The van der Waals surface area contributed by atoms with Crippen LogP contribution in [0.1, 0.15) is 20.7 Å². The average Bonchev–Trinajstić information content (AvgIpc) is 3.08. The number of ether oxygens (including phenoxy) is 1. The van der Waals surface area contributed by atoms with Gasteiger partial charge in [-0.15, -0.1) is 0 Å². The van der Waals surface area contributed by atoms with Gasteiger partial charge in [-0.3, -0.25) is 14.9 Å². The van der Waals surface area contributed by atoms with Crippen LogP contribution in [0.25, 0.3) is 0 Å². The van der Waals surface area contributed by atoms with E-state index in [-0.39, 0.29) is 32.9 Å². The number of pyridine rings is 1. The van der Waals surface area contributed by atoms with Crippen LogP contribution >= 0.6 is 23.2 Å². The topological polar surface area (TPSA) is 124 Å². The summed E-state index contributed by atoms with van der Waals surface area (Å²) in [7, 11) is 1.49. The largest absolute Gasteiger partial charge is 0.433 e. The van der Waals surface area contributed by atoms with Gasteiger partial charge in [0, 0.05) is 18.8 Å². The van der Waals surface area contributed by atoms with E-state index in [1.165, 1.54) is 30.1 Å². The molecule has 0 spiro atoms. The lowest BCUT2D eigenvalue weighted by Gasteiger charge is -2.16. The van der Waals surface area contributed by atoms with Crippen molar-refractivity contribution < 1.29 is 23.1 Å². The summed E-state index contributed by atoms with van der Waals surface area (Å²) in [5.41, 5.74) is -0.405. The summed E-state index contributed by atoms with van der Waals surface area (Å²) < 4.78 is 31.2. The number of nitrogens with one attached hydrogen (secondary N) is 2. The molecule has 0 saturated carbocycles. The lowest BCUT2D eigenvalue weighted by Crippen LogP contribution is -2.18.